The van der Waals surface area contributed by atoms with Gasteiger partial charge in [-0.15, -0.1) is 0 Å². The van der Waals surface area contributed by atoms with Crippen LogP contribution in [0.1, 0.15) is 24.8 Å². The lowest BCUT2D eigenvalue weighted by Crippen LogP contribution is -2.08. The van der Waals surface area contributed by atoms with Crippen molar-refractivity contribution in [1.82, 2.24) is 0 Å². The number of aliphatic carboxylic acids is 1. The van der Waals surface area contributed by atoms with Gasteiger partial charge in [0.1, 0.15) is 0 Å². The zero-order valence-electron chi connectivity index (χ0n) is 8.23. The minimum atomic E-state index is -1.92. The van der Waals surface area contributed by atoms with Gasteiger partial charge in [-0.25, -0.2) is 17.6 Å². The first-order valence-electron chi connectivity index (χ1n) is 4.39. The third-order valence-electron chi connectivity index (χ3n) is 2.14. The maximum Gasteiger partial charge on any atom is 0.303 e. The van der Waals surface area contributed by atoms with Crippen molar-refractivity contribution in [1.29, 1.82) is 0 Å². The number of carboxylic acid groups (broad SMARTS) is 1. The number of carboxylic acids is 1. The maximum absolute atomic E-state index is 13.2. The molecule has 0 heterocycles. The maximum atomic E-state index is 13.2. The lowest BCUT2D eigenvalue weighted by molar-refractivity contribution is -0.137. The molecular weight excluding hydrogens is 228 g/mol. The molecule has 1 atom stereocenters. The SMILES string of the molecule is CC(CC(=O)O)c1cc(F)c(F)c(F)c1F. The summed E-state index contributed by atoms with van der Waals surface area (Å²) in [5.41, 5.74) is -0.487. The molecule has 1 aromatic rings. The molecule has 1 aromatic carbocycles. The van der Waals surface area contributed by atoms with E-state index >= 15 is 0 Å². The number of halogens is 4. The average Bonchev–Trinajstić information content (AvgIpc) is 2.19. The smallest absolute Gasteiger partial charge is 0.303 e. The van der Waals surface area contributed by atoms with E-state index in [1.165, 1.54) is 6.92 Å². The molecule has 0 spiro atoms. The Balaban J connectivity index is 3.19. The standard InChI is InChI=1S/C10H8F4O2/c1-4(2-7(15)16)5-3-6(11)9(13)10(14)8(5)12/h3-4H,2H2,1H3,(H,15,16). The van der Waals surface area contributed by atoms with Gasteiger partial charge in [0.25, 0.3) is 0 Å². The van der Waals surface area contributed by atoms with Gasteiger partial charge in [-0.2, -0.15) is 0 Å². The topological polar surface area (TPSA) is 37.3 Å². The summed E-state index contributed by atoms with van der Waals surface area (Å²) >= 11 is 0. The summed E-state index contributed by atoms with van der Waals surface area (Å²) in [5.74, 6) is -9.09. The lowest BCUT2D eigenvalue weighted by Gasteiger charge is -2.11. The van der Waals surface area contributed by atoms with E-state index in [0.29, 0.717) is 6.07 Å². The van der Waals surface area contributed by atoms with Gasteiger partial charge in [-0.3, -0.25) is 4.79 Å². The highest BCUT2D eigenvalue weighted by Gasteiger charge is 2.23. The fourth-order valence-electron chi connectivity index (χ4n) is 1.32. The second-order valence-corrected chi connectivity index (χ2v) is 3.39. The van der Waals surface area contributed by atoms with Crippen molar-refractivity contribution in [3.8, 4) is 0 Å². The van der Waals surface area contributed by atoms with E-state index in [9.17, 15) is 22.4 Å². The molecule has 0 saturated heterocycles. The van der Waals surface area contributed by atoms with Gasteiger partial charge >= 0.3 is 5.97 Å². The Morgan fingerprint density at radius 1 is 1.25 bits per heavy atom. The van der Waals surface area contributed by atoms with Gasteiger partial charge in [-0.1, -0.05) is 6.92 Å². The van der Waals surface area contributed by atoms with Crippen LogP contribution in [-0.4, -0.2) is 11.1 Å². The van der Waals surface area contributed by atoms with Gasteiger partial charge in [0.2, 0.25) is 0 Å². The third-order valence-corrected chi connectivity index (χ3v) is 2.14. The second kappa shape index (κ2) is 4.51. The van der Waals surface area contributed by atoms with Crippen molar-refractivity contribution in [2.24, 2.45) is 0 Å². The van der Waals surface area contributed by atoms with Crippen LogP contribution in [0.2, 0.25) is 0 Å². The van der Waals surface area contributed by atoms with Gasteiger partial charge < -0.3 is 5.11 Å². The molecule has 1 unspecified atom stereocenters. The molecule has 88 valence electrons. The van der Waals surface area contributed by atoms with Crippen LogP contribution in [0.3, 0.4) is 0 Å². The quantitative estimate of drug-likeness (QED) is 0.497. The number of hydrogen-bond acceptors (Lipinski definition) is 1. The predicted molar refractivity (Wildman–Crippen MR) is 46.9 cm³/mol. The first-order chi connectivity index (χ1) is 7.34. The number of carbonyl (C=O) groups is 1. The Bertz CT molecular complexity index is 431. The number of benzene rings is 1. The van der Waals surface area contributed by atoms with Crippen molar-refractivity contribution in [3.05, 3.63) is 34.9 Å². The Kier molecular flexibility index (Phi) is 3.51. The Hall–Kier alpha value is -1.59. The minimum Gasteiger partial charge on any atom is -0.481 e. The van der Waals surface area contributed by atoms with Gasteiger partial charge in [0, 0.05) is 0 Å². The summed E-state index contributed by atoms with van der Waals surface area (Å²) < 4.78 is 51.4. The van der Waals surface area contributed by atoms with Crippen LogP contribution in [-0.2, 0) is 4.79 Å². The molecule has 0 amide bonds. The van der Waals surface area contributed by atoms with Crippen molar-refractivity contribution in [2.45, 2.75) is 19.3 Å². The molecule has 0 aromatic heterocycles. The van der Waals surface area contributed by atoms with E-state index in [4.69, 9.17) is 5.11 Å². The third kappa shape index (κ3) is 2.32. The molecule has 0 saturated carbocycles. The molecule has 0 radical (unpaired) electrons. The summed E-state index contributed by atoms with van der Waals surface area (Å²) in [6.07, 6.45) is -0.499. The van der Waals surface area contributed by atoms with E-state index in [0.717, 1.165) is 0 Å². The molecule has 1 rings (SSSR count). The van der Waals surface area contributed by atoms with E-state index in [1.54, 1.807) is 0 Å². The molecule has 0 bridgehead atoms. The van der Waals surface area contributed by atoms with Gasteiger partial charge in [0.15, 0.2) is 23.3 Å². The normalized spacial score (nSPS) is 12.6. The summed E-state index contributed by atoms with van der Waals surface area (Å²) in [7, 11) is 0. The summed E-state index contributed by atoms with van der Waals surface area (Å²) in [6.45, 7) is 1.28. The average molecular weight is 236 g/mol. The monoisotopic (exact) mass is 236 g/mol. The summed E-state index contributed by atoms with van der Waals surface area (Å²) in [4.78, 5) is 10.3. The molecule has 0 fully saturated rings. The van der Waals surface area contributed by atoms with Crippen LogP contribution in [0.5, 0.6) is 0 Å². The molecule has 2 nitrogen and oxygen atoms in total. The summed E-state index contributed by atoms with van der Waals surface area (Å²) in [5, 5.41) is 8.45. The predicted octanol–water partition coefficient (Wildman–Crippen LogP) is 2.82. The fourth-order valence-corrected chi connectivity index (χ4v) is 1.32. The van der Waals surface area contributed by atoms with Crippen LogP contribution in [0.15, 0.2) is 6.07 Å². The van der Waals surface area contributed by atoms with Crippen LogP contribution in [0.4, 0.5) is 17.6 Å². The van der Waals surface area contributed by atoms with Crippen molar-refractivity contribution < 1.29 is 27.5 Å². The van der Waals surface area contributed by atoms with Crippen molar-refractivity contribution in [2.75, 3.05) is 0 Å². The molecule has 16 heavy (non-hydrogen) atoms. The molecule has 1 N–H and O–H groups in total. The van der Waals surface area contributed by atoms with Crippen LogP contribution >= 0.6 is 0 Å². The molecular formula is C10H8F4O2. The first kappa shape index (κ1) is 12.5. The summed E-state index contributed by atoms with van der Waals surface area (Å²) in [6, 6.07) is 0.474. The van der Waals surface area contributed by atoms with E-state index < -0.39 is 47.1 Å². The zero-order valence-corrected chi connectivity index (χ0v) is 8.23. The molecule has 0 aliphatic rings. The minimum absolute atomic E-state index is 0.474. The van der Waals surface area contributed by atoms with E-state index in [-0.39, 0.29) is 0 Å². The van der Waals surface area contributed by atoms with Crippen molar-refractivity contribution >= 4 is 5.97 Å². The lowest BCUT2D eigenvalue weighted by atomic mass is 9.97. The van der Waals surface area contributed by atoms with Gasteiger partial charge in [-0.05, 0) is 17.5 Å². The van der Waals surface area contributed by atoms with Crippen molar-refractivity contribution in [3.63, 3.8) is 0 Å². The van der Waals surface area contributed by atoms with E-state index in [2.05, 4.69) is 0 Å². The fraction of sp³-hybridized carbons (Fsp3) is 0.300. The highest BCUT2D eigenvalue weighted by atomic mass is 19.2. The number of rotatable bonds is 3. The molecule has 0 aliphatic heterocycles. The molecule has 0 aliphatic carbocycles. The zero-order chi connectivity index (χ0) is 12.5. The second-order valence-electron chi connectivity index (χ2n) is 3.39. The first-order valence-corrected chi connectivity index (χ1v) is 4.39. The largest absolute Gasteiger partial charge is 0.481 e. The Morgan fingerprint density at radius 3 is 2.31 bits per heavy atom. The Morgan fingerprint density at radius 2 is 1.81 bits per heavy atom. The highest BCUT2D eigenvalue weighted by Crippen LogP contribution is 2.26. The number of hydrogen-bond donors (Lipinski definition) is 1. The van der Waals surface area contributed by atoms with E-state index in [1.807, 2.05) is 0 Å². The Labute approximate surface area is 88.5 Å². The van der Waals surface area contributed by atoms with Crippen LogP contribution < -0.4 is 0 Å². The van der Waals surface area contributed by atoms with Crippen LogP contribution in [0, 0.1) is 23.3 Å². The molecule has 6 heteroatoms. The van der Waals surface area contributed by atoms with Gasteiger partial charge in [0.05, 0.1) is 6.42 Å². The highest BCUT2D eigenvalue weighted by molar-refractivity contribution is 5.68. The van der Waals surface area contributed by atoms with Crippen LogP contribution in [0.25, 0.3) is 0 Å².